The zero-order chi connectivity index (χ0) is 23.3. The van der Waals surface area contributed by atoms with Crippen LogP contribution in [0.2, 0.25) is 0 Å². The first-order valence-electron chi connectivity index (χ1n) is 11.3. The van der Waals surface area contributed by atoms with Crippen LogP contribution in [0.3, 0.4) is 0 Å². The van der Waals surface area contributed by atoms with Crippen molar-refractivity contribution in [2.24, 2.45) is 0 Å². The molecule has 1 heterocycles. The molecule has 34 heavy (non-hydrogen) atoms. The molecule has 0 aliphatic heterocycles. The second kappa shape index (κ2) is 7.90. The molecule has 0 amide bonds. The molecule has 1 aromatic heterocycles. The van der Waals surface area contributed by atoms with Gasteiger partial charge in [0.05, 0.1) is 11.2 Å². The highest BCUT2D eigenvalue weighted by Gasteiger charge is 2.17. The van der Waals surface area contributed by atoms with Crippen molar-refractivity contribution in [3.8, 4) is 22.6 Å². The zero-order valence-electron chi connectivity index (χ0n) is 19.1. The quantitative estimate of drug-likeness (QED) is 0.203. The minimum Gasteiger partial charge on any atom is -0.319 e. The number of benzene rings is 5. The Labute approximate surface area is 198 Å². The Morgan fingerprint density at radius 2 is 1.29 bits per heavy atom. The molecule has 0 aliphatic carbocycles. The summed E-state index contributed by atoms with van der Waals surface area (Å²) < 4.78 is 12.9. The standard InChI is InChI=1S/C30H23N2OP/c1-34(2,33)25-16-14-21-15-17-26-28(24-13-12-20-8-6-7-11-23(20)18-24)31-30(22-9-4-3-5-10-22)32-29(26)27(21)19-25/h3-19H,1-2H3. The Hall–Kier alpha value is -3.81. The highest BCUT2D eigenvalue weighted by molar-refractivity contribution is 7.70. The minimum atomic E-state index is -2.41. The van der Waals surface area contributed by atoms with E-state index in [4.69, 9.17) is 9.97 Å². The molecule has 0 bridgehead atoms. The summed E-state index contributed by atoms with van der Waals surface area (Å²) in [4.78, 5) is 10.1. The first kappa shape index (κ1) is 20.8. The van der Waals surface area contributed by atoms with Gasteiger partial charge in [0.2, 0.25) is 0 Å². The monoisotopic (exact) mass is 458 g/mol. The number of hydrogen-bond acceptors (Lipinski definition) is 3. The first-order chi connectivity index (χ1) is 16.5. The van der Waals surface area contributed by atoms with Gasteiger partial charge in [-0.3, -0.25) is 0 Å². The molecule has 0 saturated heterocycles. The predicted molar refractivity (Wildman–Crippen MR) is 145 cm³/mol. The van der Waals surface area contributed by atoms with Crippen LogP contribution in [-0.2, 0) is 4.57 Å². The van der Waals surface area contributed by atoms with E-state index >= 15 is 0 Å². The lowest BCUT2D eigenvalue weighted by Crippen LogP contribution is -2.03. The van der Waals surface area contributed by atoms with Gasteiger partial charge in [-0.1, -0.05) is 84.9 Å². The molecule has 0 spiro atoms. The normalized spacial score (nSPS) is 11.9. The van der Waals surface area contributed by atoms with Crippen molar-refractivity contribution in [2.75, 3.05) is 13.3 Å². The van der Waals surface area contributed by atoms with E-state index in [2.05, 4.69) is 54.6 Å². The lowest BCUT2D eigenvalue weighted by Gasteiger charge is -2.14. The van der Waals surface area contributed by atoms with E-state index in [1.54, 1.807) is 0 Å². The van der Waals surface area contributed by atoms with Crippen LogP contribution < -0.4 is 5.30 Å². The molecular weight excluding hydrogens is 435 g/mol. The molecule has 0 unspecified atom stereocenters. The van der Waals surface area contributed by atoms with Crippen molar-refractivity contribution in [3.05, 3.63) is 103 Å². The fraction of sp³-hybridized carbons (Fsp3) is 0.0667. The van der Waals surface area contributed by atoms with Gasteiger partial charge in [-0.05, 0) is 47.7 Å². The van der Waals surface area contributed by atoms with Gasteiger partial charge in [0.1, 0.15) is 7.14 Å². The molecule has 0 fully saturated rings. The Balaban J connectivity index is 1.72. The molecule has 6 rings (SSSR count). The molecule has 0 radical (unpaired) electrons. The third-order valence-electron chi connectivity index (χ3n) is 6.34. The van der Waals surface area contributed by atoms with Crippen LogP contribution in [0.1, 0.15) is 0 Å². The molecule has 0 aliphatic rings. The predicted octanol–water partition coefficient (Wildman–Crippen LogP) is 7.52. The van der Waals surface area contributed by atoms with Crippen LogP contribution in [0.25, 0.3) is 55.1 Å². The Kier molecular flexibility index (Phi) is 4.83. The van der Waals surface area contributed by atoms with E-state index in [0.29, 0.717) is 5.82 Å². The summed E-state index contributed by atoms with van der Waals surface area (Å²) in [5, 5.41) is 6.30. The van der Waals surface area contributed by atoms with Crippen LogP contribution in [0.4, 0.5) is 0 Å². The van der Waals surface area contributed by atoms with Gasteiger partial charge in [-0.2, -0.15) is 0 Å². The third kappa shape index (κ3) is 3.59. The molecule has 0 atom stereocenters. The number of hydrogen-bond donors (Lipinski definition) is 0. The van der Waals surface area contributed by atoms with Gasteiger partial charge in [0.25, 0.3) is 0 Å². The van der Waals surface area contributed by atoms with Crippen LogP contribution in [0.5, 0.6) is 0 Å². The number of rotatable bonds is 3. The molecule has 5 aromatic carbocycles. The highest BCUT2D eigenvalue weighted by atomic mass is 31.2. The van der Waals surface area contributed by atoms with E-state index in [0.717, 1.165) is 43.8 Å². The summed E-state index contributed by atoms with van der Waals surface area (Å²) in [5.41, 5.74) is 3.80. The molecule has 0 saturated carbocycles. The highest BCUT2D eigenvalue weighted by Crippen LogP contribution is 2.38. The van der Waals surface area contributed by atoms with Gasteiger partial charge in [-0.25, -0.2) is 9.97 Å². The van der Waals surface area contributed by atoms with Gasteiger partial charge >= 0.3 is 0 Å². The SMILES string of the molecule is CP(C)(=O)c1ccc2ccc3c(-c4ccc5ccccc5c4)nc(-c4ccccc4)nc3c2c1. The third-order valence-corrected chi connectivity index (χ3v) is 7.87. The summed E-state index contributed by atoms with van der Waals surface area (Å²) in [6.45, 7) is 3.62. The van der Waals surface area contributed by atoms with Crippen molar-refractivity contribution in [2.45, 2.75) is 0 Å². The second-order valence-electron chi connectivity index (χ2n) is 9.04. The fourth-order valence-corrected chi connectivity index (χ4v) is 5.38. The summed E-state index contributed by atoms with van der Waals surface area (Å²) in [7, 11) is -2.41. The van der Waals surface area contributed by atoms with Crippen LogP contribution in [0, 0.1) is 0 Å². The topological polar surface area (TPSA) is 42.9 Å². The van der Waals surface area contributed by atoms with Crippen LogP contribution in [0.15, 0.2) is 103 Å². The van der Waals surface area contributed by atoms with Gasteiger partial charge in [0.15, 0.2) is 5.82 Å². The summed E-state index contributed by atoms with van der Waals surface area (Å²) >= 11 is 0. The molecule has 164 valence electrons. The largest absolute Gasteiger partial charge is 0.319 e. The summed E-state index contributed by atoms with van der Waals surface area (Å²) in [6.07, 6.45) is 0. The molecule has 3 nitrogen and oxygen atoms in total. The summed E-state index contributed by atoms with van der Waals surface area (Å²) in [6, 6.07) is 35.2. The molecule has 6 aromatic rings. The van der Waals surface area contributed by atoms with E-state index in [-0.39, 0.29) is 0 Å². The number of nitrogens with zero attached hydrogens (tertiary/aromatic N) is 2. The van der Waals surface area contributed by atoms with Crippen molar-refractivity contribution >= 4 is 44.9 Å². The minimum absolute atomic E-state index is 0.686. The average molecular weight is 459 g/mol. The fourth-order valence-electron chi connectivity index (χ4n) is 4.51. The van der Waals surface area contributed by atoms with Gasteiger partial charge in [-0.15, -0.1) is 0 Å². The van der Waals surface area contributed by atoms with Crippen molar-refractivity contribution in [1.29, 1.82) is 0 Å². The first-order valence-corrected chi connectivity index (χ1v) is 13.9. The van der Waals surface area contributed by atoms with Crippen LogP contribution in [-0.4, -0.2) is 23.3 Å². The maximum Gasteiger partial charge on any atom is 0.160 e. The lowest BCUT2D eigenvalue weighted by atomic mass is 9.99. The maximum absolute atomic E-state index is 12.9. The second-order valence-corrected chi connectivity index (χ2v) is 12.3. The maximum atomic E-state index is 12.9. The van der Waals surface area contributed by atoms with E-state index in [1.807, 2.05) is 61.9 Å². The smallest absolute Gasteiger partial charge is 0.160 e. The van der Waals surface area contributed by atoms with Crippen molar-refractivity contribution in [1.82, 2.24) is 9.97 Å². The Morgan fingerprint density at radius 3 is 2.09 bits per heavy atom. The van der Waals surface area contributed by atoms with E-state index in [1.165, 1.54) is 10.8 Å². The number of aromatic nitrogens is 2. The van der Waals surface area contributed by atoms with Crippen molar-refractivity contribution < 1.29 is 4.57 Å². The molecule has 0 N–H and O–H groups in total. The molecular formula is C30H23N2OP. The van der Waals surface area contributed by atoms with Crippen LogP contribution >= 0.6 is 7.14 Å². The number of fused-ring (bicyclic) bond motifs is 4. The van der Waals surface area contributed by atoms with Crippen molar-refractivity contribution in [3.63, 3.8) is 0 Å². The average Bonchev–Trinajstić information content (AvgIpc) is 2.87. The lowest BCUT2D eigenvalue weighted by molar-refractivity contribution is 0.588. The summed E-state index contributed by atoms with van der Waals surface area (Å²) in [5.74, 6) is 0.686. The Morgan fingerprint density at radius 1 is 0.588 bits per heavy atom. The zero-order valence-corrected chi connectivity index (χ0v) is 20.0. The Bertz CT molecular complexity index is 1750. The van der Waals surface area contributed by atoms with E-state index < -0.39 is 7.14 Å². The van der Waals surface area contributed by atoms with E-state index in [9.17, 15) is 4.57 Å². The van der Waals surface area contributed by atoms with Gasteiger partial charge in [0, 0.05) is 27.2 Å². The molecule has 4 heteroatoms. The van der Waals surface area contributed by atoms with Gasteiger partial charge < -0.3 is 4.57 Å².